The molecule has 0 aliphatic carbocycles. The van der Waals surface area contributed by atoms with Gasteiger partial charge in [-0.05, 0) is 25.5 Å². The summed E-state index contributed by atoms with van der Waals surface area (Å²) < 4.78 is 5.17. The zero-order valence-corrected chi connectivity index (χ0v) is 12.5. The molecule has 1 rings (SSSR count). The van der Waals surface area contributed by atoms with Crippen LogP contribution in [0.1, 0.15) is 27.2 Å². The van der Waals surface area contributed by atoms with Crippen LogP contribution in [-0.2, 0) is 9.59 Å². The fourth-order valence-electron chi connectivity index (χ4n) is 1.89. The molecule has 1 aromatic carbocycles. The molecule has 5 heteroatoms. The molecule has 0 aromatic heterocycles. The molecule has 2 amide bonds. The number of carbonyl (C=O) groups excluding carboxylic acids is 2. The van der Waals surface area contributed by atoms with Gasteiger partial charge in [-0.25, -0.2) is 0 Å². The van der Waals surface area contributed by atoms with Gasteiger partial charge in [0.15, 0.2) is 0 Å². The quantitative estimate of drug-likeness (QED) is 0.868. The molecule has 0 fully saturated rings. The molecule has 0 radical (unpaired) electrons. The van der Waals surface area contributed by atoms with Crippen molar-refractivity contribution < 1.29 is 14.3 Å². The SMILES string of the molecule is CCC(C)N(CC(=O)Nc1ccccc1OC)C(C)=O. The van der Waals surface area contributed by atoms with Gasteiger partial charge in [-0.3, -0.25) is 9.59 Å². The largest absolute Gasteiger partial charge is 0.495 e. The number of carbonyl (C=O) groups is 2. The van der Waals surface area contributed by atoms with Crippen molar-refractivity contribution in [3.8, 4) is 5.75 Å². The smallest absolute Gasteiger partial charge is 0.244 e. The second-order valence-electron chi connectivity index (χ2n) is 4.65. The number of rotatable bonds is 6. The molecule has 0 bridgehead atoms. The van der Waals surface area contributed by atoms with Gasteiger partial charge < -0.3 is 15.0 Å². The van der Waals surface area contributed by atoms with E-state index in [4.69, 9.17) is 4.74 Å². The first-order valence-corrected chi connectivity index (χ1v) is 6.69. The van der Waals surface area contributed by atoms with Crippen LogP contribution in [0.3, 0.4) is 0 Å². The van der Waals surface area contributed by atoms with Crippen LogP contribution in [0.5, 0.6) is 5.75 Å². The molecule has 0 saturated heterocycles. The summed E-state index contributed by atoms with van der Waals surface area (Å²) in [6, 6.07) is 7.21. The average molecular weight is 278 g/mol. The van der Waals surface area contributed by atoms with Crippen LogP contribution in [0.4, 0.5) is 5.69 Å². The minimum absolute atomic E-state index is 0.0379. The Balaban J connectivity index is 2.73. The molecular formula is C15H22N2O3. The highest BCUT2D eigenvalue weighted by Gasteiger charge is 2.19. The number of benzene rings is 1. The fraction of sp³-hybridized carbons (Fsp3) is 0.467. The predicted molar refractivity (Wildman–Crippen MR) is 78.8 cm³/mol. The molecule has 20 heavy (non-hydrogen) atoms. The van der Waals surface area contributed by atoms with Gasteiger partial charge in [0.05, 0.1) is 12.8 Å². The highest BCUT2D eigenvalue weighted by molar-refractivity contribution is 5.95. The maximum atomic E-state index is 12.1. The Morgan fingerprint density at radius 1 is 1.35 bits per heavy atom. The van der Waals surface area contributed by atoms with Crippen molar-refractivity contribution in [3.63, 3.8) is 0 Å². The fourth-order valence-corrected chi connectivity index (χ4v) is 1.89. The second kappa shape index (κ2) is 7.53. The lowest BCUT2D eigenvalue weighted by atomic mass is 10.2. The van der Waals surface area contributed by atoms with Gasteiger partial charge in [-0.15, -0.1) is 0 Å². The van der Waals surface area contributed by atoms with E-state index in [1.807, 2.05) is 26.0 Å². The van der Waals surface area contributed by atoms with Crippen molar-refractivity contribution in [1.82, 2.24) is 4.90 Å². The molecule has 1 aromatic rings. The van der Waals surface area contributed by atoms with Gasteiger partial charge in [-0.2, -0.15) is 0 Å². The lowest BCUT2D eigenvalue weighted by Gasteiger charge is -2.26. The molecule has 1 atom stereocenters. The number of nitrogens with zero attached hydrogens (tertiary/aromatic N) is 1. The van der Waals surface area contributed by atoms with Gasteiger partial charge >= 0.3 is 0 Å². The summed E-state index contributed by atoms with van der Waals surface area (Å²) in [7, 11) is 1.55. The molecule has 0 aliphatic rings. The molecule has 0 heterocycles. The van der Waals surface area contributed by atoms with E-state index in [2.05, 4.69) is 5.32 Å². The van der Waals surface area contributed by atoms with Crippen LogP contribution >= 0.6 is 0 Å². The summed E-state index contributed by atoms with van der Waals surface area (Å²) in [5.74, 6) is 0.262. The number of nitrogens with one attached hydrogen (secondary N) is 1. The maximum Gasteiger partial charge on any atom is 0.244 e. The van der Waals surface area contributed by atoms with Gasteiger partial charge in [0.25, 0.3) is 0 Å². The first-order chi connectivity index (χ1) is 9.49. The highest BCUT2D eigenvalue weighted by atomic mass is 16.5. The van der Waals surface area contributed by atoms with Crippen LogP contribution < -0.4 is 10.1 Å². The highest BCUT2D eigenvalue weighted by Crippen LogP contribution is 2.22. The Labute approximate surface area is 119 Å². The normalized spacial score (nSPS) is 11.6. The summed E-state index contributed by atoms with van der Waals surface area (Å²) in [6.45, 7) is 5.43. The lowest BCUT2D eigenvalue weighted by Crippen LogP contribution is -2.42. The minimum Gasteiger partial charge on any atom is -0.495 e. The third-order valence-corrected chi connectivity index (χ3v) is 3.22. The van der Waals surface area contributed by atoms with Crippen LogP contribution in [0, 0.1) is 0 Å². The Hall–Kier alpha value is -2.04. The molecule has 1 N–H and O–H groups in total. The van der Waals surface area contributed by atoms with E-state index in [9.17, 15) is 9.59 Å². The van der Waals surface area contributed by atoms with E-state index < -0.39 is 0 Å². The number of methoxy groups -OCH3 is 1. The number of anilines is 1. The van der Waals surface area contributed by atoms with Crippen LogP contribution in [0.2, 0.25) is 0 Å². The van der Waals surface area contributed by atoms with Gasteiger partial charge in [0.1, 0.15) is 12.3 Å². The first-order valence-electron chi connectivity index (χ1n) is 6.69. The average Bonchev–Trinajstić information content (AvgIpc) is 2.44. The topological polar surface area (TPSA) is 58.6 Å². The van der Waals surface area contributed by atoms with Crippen molar-refractivity contribution in [3.05, 3.63) is 24.3 Å². The van der Waals surface area contributed by atoms with E-state index >= 15 is 0 Å². The monoisotopic (exact) mass is 278 g/mol. The first kappa shape index (κ1) is 16.0. The van der Waals surface area contributed by atoms with E-state index in [1.54, 1.807) is 24.1 Å². The van der Waals surface area contributed by atoms with Crippen molar-refractivity contribution in [2.75, 3.05) is 19.0 Å². The molecule has 0 saturated carbocycles. The summed E-state index contributed by atoms with van der Waals surface area (Å²) in [4.78, 5) is 25.2. The third-order valence-electron chi connectivity index (χ3n) is 3.22. The minimum atomic E-state index is -0.231. The van der Waals surface area contributed by atoms with Gasteiger partial charge in [0, 0.05) is 13.0 Å². The standard InChI is InChI=1S/C15H22N2O3/c1-5-11(2)17(12(3)18)10-15(19)16-13-8-6-7-9-14(13)20-4/h6-9,11H,5,10H2,1-4H3,(H,16,19). The van der Waals surface area contributed by atoms with E-state index in [1.165, 1.54) is 6.92 Å². The molecule has 5 nitrogen and oxygen atoms in total. The van der Waals surface area contributed by atoms with E-state index in [0.29, 0.717) is 11.4 Å². The maximum absolute atomic E-state index is 12.1. The van der Waals surface area contributed by atoms with Crippen LogP contribution in [0.25, 0.3) is 0 Å². The van der Waals surface area contributed by atoms with Crippen LogP contribution in [-0.4, -0.2) is 36.4 Å². The Morgan fingerprint density at radius 2 is 2.00 bits per heavy atom. The number of amides is 2. The van der Waals surface area contributed by atoms with E-state index in [-0.39, 0.29) is 24.4 Å². The van der Waals surface area contributed by atoms with Crippen molar-refractivity contribution >= 4 is 17.5 Å². The summed E-state index contributed by atoms with van der Waals surface area (Å²) >= 11 is 0. The number of ether oxygens (including phenoxy) is 1. The number of hydrogen-bond acceptors (Lipinski definition) is 3. The molecule has 110 valence electrons. The molecule has 0 spiro atoms. The van der Waals surface area contributed by atoms with E-state index in [0.717, 1.165) is 6.42 Å². The summed E-state index contributed by atoms with van der Waals surface area (Å²) in [5.41, 5.74) is 0.604. The molecule has 0 aliphatic heterocycles. The Bertz CT molecular complexity index is 474. The zero-order chi connectivity index (χ0) is 15.1. The van der Waals surface area contributed by atoms with Crippen LogP contribution in [0.15, 0.2) is 24.3 Å². The lowest BCUT2D eigenvalue weighted by molar-refractivity contribution is -0.134. The van der Waals surface area contributed by atoms with Crippen molar-refractivity contribution in [2.24, 2.45) is 0 Å². The van der Waals surface area contributed by atoms with Gasteiger partial charge in [0.2, 0.25) is 11.8 Å². The summed E-state index contributed by atoms with van der Waals surface area (Å²) in [5, 5.41) is 2.77. The molecular weight excluding hydrogens is 256 g/mol. The van der Waals surface area contributed by atoms with Crippen molar-refractivity contribution in [2.45, 2.75) is 33.2 Å². The molecule has 1 unspecified atom stereocenters. The number of hydrogen-bond donors (Lipinski definition) is 1. The number of para-hydroxylation sites is 2. The third kappa shape index (κ3) is 4.26. The van der Waals surface area contributed by atoms with Gasteiger partial charge in [-0.1, -0.05) is 19.1 Å². The zero-order valence-electron chi connectivity index (χ0n) is 12.5. The van der Waals surface area contributed by atoms with Crippen molar-refractivity contribution in [1.29, 1.82) is 0 Å². The predicted octanol–water partition coefficient (Wildman–Crippen LogP) is 2.28. The second-order valence-corrected chi connectivity index (χ2v) is 4.65. The Morgan fingerprint density at radius 3 is 2.55 bits per heavy atom. The summed E-state index contributed by atoms with van der Waals surface area (Å²) in [6.07, 6.45) is 0.807. The Kier molecular flexibility index (Phi) is 6.03.